The number of H-pyrrole nitrogens is 1. The molecule has 3 heterocycles. The molecule has 44 heavy (non-hydrogen) atoms. The van der Waals surface area contributed by atoms with Crippen molar-refractivity contribution >= 4 is 28.6 Å². The molecule has 9 nitrogen and oxygen atoms in total. The summed E-state index contributed by atoms with van der Waals surface area (Å²) in [5, 5.41) is 6.04. The highest BCUT2D eigenvalue weighted by molar-refractivity contribution is 5.98. The zero-order valence-corrected chi connectivity index (χ0v) is 23.3. The summed E-state index contributed by atoms with van der Waals surface area (Å²) in [5.74, 6) is -5.39. The first kappa shape index (κ1) is 29.3. The average Bonchev–Trinajstić information content (AvgIpc) is 3.69. The summed E-state index contributed by atoms with van der Waals surface area (Å²) in [5.41, 5.74) is 1.62. The number of carbonyl (C=O) groups excluding carboxylic acids is 3. The molecule has 0 unspecified atom stereocenters. The van der Waals surface area contributed by atoms with Gasteiger partial charge in [-0.05, 0) is 42.3 Å². The van der Waals surface area contributed by atoms with Crippen molar-refractivity contribution < 1.29 is 36.7 Å². The van der Waals surface area contributed by atoms with E-state index in [1.54, 1.807) is 37.5 Å². The zero-order valence-electron chi connectivity index (χ0n) is 23.3. The van der Waals surface area contributed by atoms with Gasteiger partial charge >= 0.3 is 6.61 Å². The van der Waals surface area contributed by atoms with E-state index in [0.717, 1.165) is 21.9 Å². The Bertz CT molecular complexity index is 1730. The maximum absolute atomic E-state index is 15.1. The molecular weight excluding hydrogens is 582 g/mol. The Kier molecular flexibility index (Phi) is 7.58. The van der Waals surface area contributed by atoms with Gasteiger partial charge in [-0.15, -0.1) is 0 Å². The van der Waals surface area contributed by atoms with Gasteiger partial charge < -0.3 is 25.3 Å². The summed E-state index contributed by atoms with van der Waals surface area (Å²) >= 11 is 0. The molecule has 0 saturated carbocycles. The molecule has 6 rings (SSSR count). The van der Waals surface area contributed by atoms with Gasteiger partial charge in [0.2, 0.25) is 11.8 Å². The topological polar surface area (TPSA) is 116 Å². The molecule has 1 aliphatic heterocycles. The minimum absolute atomic E-state index is 0.0824. The van der Waals surface area contributed by atoms with Crippen molar-refractivity contribution in [3.05, 3.63) is 89.4 Å². The van der Waals surface area contributed by atoms with E-state index in [0.29, 0.717) is 16.8 Å². The standard InChI is InChI=1S/C31H27F4N5O4/c1-16(25-11-18-13-36-9-8-24(18)39-25)38-29(43)26-12-19(44-30(32)33)15-40(26)27(41)14-37-28(42)17-6-7-21-20-4-2-3-5-22(20)31(34,35)23(21)10-17/h2-11,13,16,19,26,30,39H,12,14-15H2,1H3,(H,37,42)(H,38,43)/t16-,19-,26+/m1/s1. The van der Waals surface area contributed by atoms with Crippen molar-refractivity contribution in [1.82, 2.24) is 25.5 Å². The van der Waals surface area contributed by atoms with Gasteiger partial charge in [0, 0.05) is 58.6 Å². The van der Waals surface area contributed by atoms with E-state index in [9.17, 15) is 23.2 Å². The second-order valence-electron chi connectivity index (χ2n) is 10.8. The Labute approximate surface area is 248 Å². The SMILES string of the molecule is C[C@@H](NC(=O)[C@@H]1C[C@@H](OC(F)F)CN1C(=O)CNC(=O)c1ccc2c(c1)C(F)(F)c1ccccc1-2)c1cc2cnccc2[nH]1. The van der Waals surface area contributed by atoms with Crippen molar-refractivity contribution in [2.75, 3.05) is 13.1 Å². The van der Waals surface area contributed by atoms with E-state index in [1.807, 2.05) is 6.07 Å². The third-order valence-corrected chi connectivity index (χ3v) is 8.02. The quantitative estimate of drug-likeness (QED) is 0.255. The van der Waals surface area contributed by atoms with Crippen LogP contribution >= 0.6 is 0 Å². The largest absolute Gasteiger partial charge is 0.357 e. The fourth-order valence-corrected chi connectivity index (χ4v) is 5.86. The molecule has 2 aliphatic rings. The molecule has 2 aromatic carbocycles. The van der Waals surface area contributed by atoms with Crippen LogP contribution in [0.4, 0.5) is 17.6 Å². The highest BCUT2D eigenvalue weighted by Gasteiger charge is 2.45. The van der Waals surface area contributed by atoms with E-state index in [1.165, 1.54) is 24.3 Å². The lowest BCUT2D eigenvalue weighted by atomic mass is 10.0. The molecule has 3 amide bonds. The Morgan fingerprint density at radius 1 is 1.09 bits per heavy atom. The Morgan fingerprint density at radius 2 is 1.86 bits per heavy atom. The molecule has 2 aromatic heterocycles. The Hall–Kier alpha value is -4.78. The van der Waals surface area contributed by atoms with Crippen LogP contribution in [0.5, 0.6) is 0 Å². The summed E-state index contributed by atoms with van der Waals surface area (Å²) in [6, 6.07) is 11.9. The van der Waals surface area contributed by atoms with Crippen LogP contribution in [-0.2, 0) is 20.2 Å². The molecule has 1 fully saturated rings. The third kappa shape index (κ3) is 5.39. The summed E-state index contributed by atoms with van der Waals surface area (Å²) in [6.45, 7) is -2.28. The van der Waals surface area contributed by atoms with Crippen LogP contribution in [-0.4, -0.2) is 64.4 Å². The summed E-state index contributed by atoms with van der Waals surface area (Å²) in [7, 11) is 0. The number of rotatable bonds is 8. The van der Waals surface area contributed by atoms with Gasteiger partial charge in [0.05, 0.1) is 18.7 Å². The first-order valence-corrected chi connectivity index (χ1v) is 13.9. The molecule has 1 saturated heterocycles. The first-order valence-electron chi connectivity index (χ1n) is 13.9. The number of pyridine rings is 1. The van der Waals surface area contributed by atoms with Crippen molar-refractivity contribution in [1.29, 1.82) is 0 Å². The van der Waals surface area contributed by atoms with Gasteiger partial charge in [-0.1, -0.05) is 30.3 Å². The number of aromatic amines is 1. The molecule has 228 valence electrons. The zero-order chi connectivity index (χ0) is 31.2. The normalized spacial score (nSPS) is 19.1. The number of nitrogens with one attached hydrogen (secondary N) is 3. The van der Waals surface area contributed by atoms with E-state index in [4.69, 9.17) is 0 Å². The summed E-state index contributed by atoms with van der Waals surface area (Å²) in [4.78, 5) is 47.7. The predicted octanol–water partition coefficient (Wildman–Crippen LogP) is 4.50. The number of likely N-dealkylation sites (tertiary alicyclic amines) is 1. The maximum Gasteiger partial charge on any atom is 0.345 e. The molecule has 13 heteroatoms. The van der Waals surface area contributed by atoms with E-state index in [-0.39, 0.29) is 29.7 Å². The Balaban J connectivity index is 1.13. The number of hydrogen-bond donors (Lipinski definition) is 3. The third-order valence-electron chi connectivity index (χ3n) is 8.02. The van der Waals surface area contributed by atoms with Crippen LogP contribution in [0.2, 0.25) is 0 Å². The van der Waals surface area contributed by atoms with Crippen molar-refractivity contribution in [2.24, 2.45) is 0 Å². The van der Waals surface area contributed by atoms with E-state index in [2.05, 4.69) is 25.3 Å². The van der Waals surface area contributed by atoms with E-state index < -0.39 is 55.0 Å². The van der Waals surface area contributed by atoms with Crippen molar-refractivity contribution in [3.63, 3.8) is 0 Å². The lowest BCUT2D eigenvalue weighted by Gasteiger charge is -2.25. The molecule has 3 N–H and O–H groups in total. The smallest absolute Gasteiger partial charge is 0.345 e. The van der Waals surface area contributed by atoms with Crippen molar-refractivity contribution in [2.45, 2.75) is 44.1 Å². The van der Waals surface area contributed by atoms with Gasteiger partial charge in [-0.2, -0.15) is 17.6 Å². The minimum atomic E-state index is -3.30. The van der Waals surface area contributed by atoms with Crippen molar-refractivity contribution in [3.8, 4) is 11.1 Å². The summed E-state index contributed by atoms with van der Waals surface area (Å²) in [6.07, 6.45) is 1.99. The van der Waals surface area contributed by atoms with Crippen LogP contribution in [0, 0.1) is 0 Å². The lowest BCUT2D eigenvalue weighted by molar-refractivity contribution is -0.160. The number of halogens is 4. The highest BCUT2D eigenvalue weighted by Crippen LogP contribution is 2.50. The van der Waals surface area contributed by atoms with Gasteiger partial charge in [-0.3, -0.25) is 19.4 Å². The molecule has 1 aliphatic carbocycles. The summed E-state index contributed by atoms with van der Waals surface area (Å²) < 4.78 is 60.8. The average molecular weight is 610 g/mol. The number of fused-ring (bicyclic) bond motifs is 4. The number of amides is 3. The van der Waals surface area contributed by atoms with Crippen LogP contribution in [0.15, 0.2) is 67.0 Å². The maximum atomic E-state index is 15.1. The van der Waals surface area contributed by atoms with Gasteiger partial charge in [-0.25, -0.2) is 0 Å². The van der Waals surface area contributed by atoms with E-state index >= 15 is 8.78 Å². The number of alkyl halides is 4. The number of ether oxygens (including phenoxy) is 1. The Morgan fingerprint density at radius 3 is 2.64 bits per heavy atom. The number of aromatic nitrogens is 2. The van der Waals surface area contributed by atoms with Gasteiger partial charge in [0.15, 0.2) is 0 Å². The fraction of sp³-hybridized carbons (Fsp3) is 0.290. The number of carbonyl (C=O) groups is 3. The van der Waals surface area contributed by atoms with Gasteiger partial charge in [0.25, 0.3) is 11.8 Å². The van der Waals surface area contributed by atoms with Crippen LogP contribution < -0.4 is 10.6 Å². The first-order chi connectivity index (χ1) is 21.0. The van der Waals surface area contributed by atoms with Crippen LogP contribution in [0.1, 0.15) is 46.6 Å². The molecule has 3 atom stereocenters. The molecular formula is C31H27F4N5O4. The highest BCUT2D eigenvalue weighted by atomic mass is 19.3. The second-order valence-corrected chi connectivity index (χ2v) is 10.8. The second kappa shape index (κ2) is 11.4. The molecule has 4 aromatic rings. The number of hydrogen-bond acceptors (Lipinski definition) is 5. The molecule has 0 bridgehead atoms. The fourth-order valence-electron chi connectivity index (χ4n) is 5.86. The lowest BCUT2D eigenvalue weighted by Crippen LogP contribution is -2.49. The van der Waals surface area contributed by atoms with Crippen LogP contribution in [0.3, 0.4) is 0 Å². The molecule has 0 spiro atoms. The number of benzene rings is 2. The van der Waals surface area contributed by atoms with Gasteiger partial charge in [0.1, 0.15) is 6.04 Å². The molecule has 0 radical (unpaired) electrons. The van der Waals surface area contributed by atoms with Crippen LogP contribution in [0.25, 0.3) is 22.0 Å². The monoisotopic (exact) mass is 609 g/mol. The number of nitrogens with zero attached hydrogens (tertiary/aromatic N) is 2. The minimum Gasteiger partial charge on any atom is -0.357 e. The predicted molar refractivity (Wildman–Crippen MR) is 151 cm³/mol.